The summed E-state index contributed by atoms with van der Waals surface area (Å²) in [6, 6.07) is 9.68. The lowest BCUT2D eigenvalue weighted by Crippen LogP contribution is -2.17. The highest BCUT2D eigenvalue weighted by molar-refractivity contribution is 7.82. The first-order chi connectivity index (χ1) is 7.75. The number of hydrogen-bond acceptors (Lipinski definition) is 3. The van der Waals surface area contributed by atoms with E-state index in [1.165, 1.54) is 0 Å². The Bertz CT molecular complexity index is 618. The van der Waals surface area contributed by atoms with Crippen LogP contribution in [0.3, 0.4) is 0 Å². The molecule has 2 aromatic rings. The Hall–Kier alpha value is -1.61. The fourth-order valence-corrected chi connectivity index (χ4v) is 2.11. The molecular formula is C13H9NOS. The molecule has 0 aliphatic heterocycles. The average Bonchev–Trinajstić information content (AvgIpc) is 2.32. The Balaban J connectivity index is 2.33. The standard InChI is InChI=1S/C13H9NOS/c15-13-9-7-8-3-1-2-4-10(8)14-11(9)5-6-12(13)16/h1-7,12,16H. The Morgan fingerprint density at radius 3 is 2.94 bits per heavy atom. The van der Waals surface area contributed by atoms with Gasteiger partial charge in [-0.1, -0.05) is 24.3 Å². The maximum absolute atomic E-state index is 11.9. The molecule has 3 heteroatoms. The van der Waals surface area contributed by atoms with Crippen LogP contribution in [0.25, 0.3) is 17.0 Å². The number of fused-ring (bicyclic) bond motifs is 2. The fourth-order valence-electron chi connectivity index (χ4n) is 1.88. The summed E-state index contributed by atoms with van der Waals surface area (Å²) in [4.78, 5) is 16.4. The summed E-state index contributed by atoms with van der Waals surface area (Å²) in [6.45, 7) is 0. The van der Waals surface area contributed by atoms with E-state index < -0.39 is 0 Å². The molecule has 0 saturated heterocycles. The zero-order valence-electron chi connectivity index (χ0n) is 8.42. The van der Waals surface area contributed by atoms with Crippen LogP contribution >= 0.6 is 12.6 Å². The molecular weight excluding hydrogens is 218 g/mol. The van der Waals surface area contributed by atoms with Crippen molar-refractivity contribution in [2.45, 2.75) is 5.25 Å². The Morgan fingerprint density at radius 2 is 2.06 bits per heavy atom. The van der Waals surface area contributed by atoms with Crippen molar-refractivity contribution in [2.75, 3.05) is 0 Å². The van der Waals surface area contributed by atoms with Crippen molar-refractivity contribution in [2.24, 2.45) is 0 Å². The molecule has 78 valence electrons. The SMILES string of the molecule is O=C1c2cc3ccccc3nc2C=CC1S. The van der Waals surface area contributed by atoms with Crippen LogP contribution in [0.4, 0.5) is 0 Å². The Morgan fingerprint density at radius 1 is 1.25 bits per heavy atom. The van der Waals surface area contributed by atoms with E-state index in [1.54, 1.807) is 6.08 Å². The van der Waals surface area contributed by atoms with Crippen molar-refractivity contribution in [1.29, 1.82) is 0 Å². The second-order valence-electron chi connectivity index (χ2n) is 3.78. The Labute approximate surface area is 98.4 Å². The molecule has 16 heavy (non-hydrogen) atoms. The van der Waals surface area contributed by atoms with Gasteiger partial charge in [0, 0.05) is 10.9 Å². The second-order valence-corrected chi connectivity index (χ2v) is 4.34. The topological polar surface area (TPSA) is 30.0 Å². The van der Waals surface area contributed by atoms with Gasteiger partial charge in [-0.3, -0.25) is 4.79 Å². The van der Waals surface area contributed by atoms with Crippen molar-refractivity contribution in [1.82, 2.24) is 4.98 Å². The third kappa shape index (κ3) is 1.36. The first kappa shape index (κ1) is 9.60. The summed E-state index contributed by atoms with van der Waals surface area (Å²) >= 11 is 4.21. The number of nitrogens with zero attached hydrogens (tertiary/aromatic N) is 1. The van der Waals surface area contributed by atoms with Crippen molar-refractivity contribution < 1.29 is 4.79 Å². The average molecular weight is 227 g/mol. The summed E-state index contributed by atoms with van der Waals surface area (Å²) < 4.78 is 0. The number of pyridine rings is 1. The summed E-state index contributed by atoms with van der Waals surface area (Å²) in [5.74, 6) is 0.0269. The molecule has 1 atom stereocenters. The molecule has 1 aliphatic carbocycles. The predicted octanol–water partition coefficient (Wildman–Crippen LogP) is 2.74. The number of rotatable bonds is 0. The van der Waals surface area contributed by atoms with Crippen LogP contribution in [0.5, 0.6) is 0 Å². The number of para-hydroxylation sites is 1. The molecule has 1 aromatic carbocycles. The summed E-state index contributed by atoms with van der Waals surface area (Å²) in [6.07, 6.45) is 3.64. The molecule has 2 nitrogen and oxygen atoms in total. The number of ketones is 1. The van der Waals surface area contributed by atoms with E-state index in [1.807, 2.05) is 36.4 Å². The summed E-state index contributed by atoms with van der Waals surface area (Å²) in [7, 11) is 0. The van der Waals surface area contributed by atoms with E-state index in [0.29, 0.717) is 5.56 Å². The van der Waals surface area contributed by atoms with Gasteiger partial charge in [-0.05, 0) is 18.2 Å². The van der Waals surface area contributed by atoms with Crippen molar-refractivity contribution in [3.63, 3.8) is 0 Å². The van der Waals surface area contributed by atoms with Crippen LogP contribution in [0.15, 0.2) is 36.4 Å². The van der Waals surface area contributed by atoms with Crippen LogP contribution < -0.4 is 0 Å². The van der Waals surface area contributed by atoms with E-state index in [4.69, 9.17) is 0 Å². The van der Waals surface area contributed by atoms with E-state index in [0.717, 1.165) is 16.6 Å². The number of thiol groups is 1. The minimum Gasteiger partial charge on any atom is -0.292 e. The minimum absolute atomic E-state index is 0.0269. The fraction of sp³-hybridized carbons (Fsp3) is 0.0769. The van der Waals surface area contributed by atoms with Gasteiger partial charge in [0.15, 0.2) is 5.78 Å². The highest BCUT2D eigenvalue weighted by atomic mass is 32.1. The number of carbonyl (C=O) groups excluding carboxylic acids is 1. The molecule has 1 aliphatic rings. The zero-order valence-corrected chi connectivity index (χ0v) is 9.32. The lowest BCUT2D eigenvalue weighted by Gasteiger charge is -2.13. The largest absolute Gasteiger partial charge is 0.292 e. The van der Waals surface area contributed by atoms with Gasteiger partial charge in [-0.15, -0.1) is 0 Å². The van der Waals surface area contributed by atoms with Gasteiger partial charge in [0.05, 0.1) is 16.5 Å². The molecule has 0 amide bonds. The minimum atomic E-state index is -0.338. The number of benzene rings is 1. The quantitative estimate of drug-likeness (QED) is 0.701. The van der Waals surface area contributed by atoms with Gasteiger partial charge in [0.25, 0.3) is 0 Å². The normalized spacial score (nSPS) is 18.8. The maximum Gasteiger partial charge on any atom is 0.181 e. The molecule has 0 N–H and O–H groups in total. The first-order valence-corrected chi connectivity index (χ1v) is 5.57. The van der Waals surface area contributed by atoms with Gasteiger partial charge in [0.1, 0.15) is 0 Å². The lowest BCUT2D eigenvalue weighted by molar-refractivity contribution is 0.1000. The monoisotopic (exact) mass is 227 g/mol. The van der Waals surface area contributed by atoms with Gasteiger partial charge in [-0.2, -0.15) is 12.6 Å². The molecule has 0 spiro atoms. The van der Waals surface area contributed by atoms with Crippen molar-refractivity contribution in [3.05, 3.63) is 47.7 Å². The van der Waals surface area contributed by atoms with Gasteiger partial charge in [-0.25, -0.2) is 4.98 Å². The summed E-state index contributed by atoms with van der Waals surface area (Å²) in [5.41, 5.74) is 2.33. The zero-order chi connectivity index (χ0) is 11.1. The van der Waals surface area contributed by atoms with Gasteiger partial charge >= 0.3 is 0 Å². The highest BCUT2D eigenvalue weighted by Gasteiger charge is 2.21. The smallest absolute Gasteiger partial charge is 0.181 e. The molecule has 1 heterocycles. The molecule has 0 saturated carbocycles. The number of Topliss-reactive ketones (excluding diaryl/α,β-unsaturated/α-hetero) is 1. The van der Waals surface area contributed by atoms with Gasteiger partial charge < -0.3 is 0 Å². The van der Waals surface area contributed by atoms with Gasteiger partial charge in [0.2, 0.25) is 0 Å². The van der Waals surface area contributed by atoms with E-state index in [2.05, 4.69) is 17.6 Å². The molecule has 1 aromatic heterocycles. The van der Waals surface area contributed by atoms with Crippen LogP contribution in [0.2, 0.25) is 0 Å². The second kappa shape index (κ2) is 3.46. The third-order valence-electron chi connectivity index (χ3n) is 2.72. The van der Waals surface area contributed by atoms with Crippen molar-refractivity contribution >= 4 is 35.4 Å². The van der Waals surface area contributed by atoms with Crippen LogP contribution in [-0.2, 0) is 0 Å². The van der Waals surface area contributed by atoms with E-state index in [9.17, 15) is 4.79 Å². The highest BCUT2D eigenvalue weighted by Crippen LogP contribution is 2.24. The molecule has 0 radical (unpaired) electrons. The molecule has 0 bridgehead atoms. The summed E-state index contributed by atoms with van der Waals surface area (Å²) in [5, 5.41) is 0.654. The number of hydrogen-bond donors (Lipinski definition) is 1. The Kier molecular flexibility index (Phi) is 2.07. The van der Waals surface area contributed by atoms with Crippen LogP contribution in [0, 0.1) is 0 Å². The van der Waals surface area contributed by atoms with E-state index >= 15 is 0 Å². The first-order valence-electron chi connectivity index (χ1n) is 5.06. The number of carbonyl (C=O) groups is 1. The molecule has 3 rings (SSSR count). The van der Waals surface area contributed by atoms with E-state index in [-0.39, 0.29) is 11.0 Å². The maximum atomic E-state index is 11.9. The molecule has 0 fully saturated rings. The number of aromatic nitrogens is 1. The predicted molar refractivity (Wildman–Crippen MR) is 67.9 cm³/mol. The van der Waals surface area contributed by atoms with Crippen LogP contribution in [-0.4, -0.2) is 16.0 Å². The van der Waals surface area contributed by atoms with Crippen LogP contribution in [0.1, 0.15) is 16.1 Å². The third-order valence-corrected chi connectivity index (χ3v) is 3.13. The lowest BCUT2D eigenvalue weighted by atomic mass is 9.98. The van der Waals surface area contributed by atoms with Crippen molar-refractivity contribution in [3.8, 4) is 0 Å². The molecule has 1 unspecified atom stereocenters.